The predicted octanol–water partition coefficient (Wildman–Crippen LogP) is 0.363. The minimum absolute atomic E-state index is 0. The first-order chi connectivity index (χ1) is 10.00. The second-order valence-corrected chi connectivity index (χ2v) is 6.28. The molecule has 0 aromatic rings. The number of fused-ring (bicyclic) bond motifs is 1. The van der Waals surface area contributed by atoms with E-state index >= 15 is 0 Å². The van der Waals surface area contributed by atoms with Crippen LogP contribution in [0.15, 0.2) is 4.99 Å². The fourth-order valence-corrected chi connectivity index (χ4v) is 2.98. The maximum absolute atomic E-state index is 10.4. The molecule has 0 saturated carbocycles. The molecule has 0 aromatic heterocycles. The lowest BCUT2D eigenvalue weighted by atomic mass is 10.0. The lowest BCUT2D eigenvalue weighted by Gasteiger charge is -2.26. The topological polar surface area (TPSA) is 84.3 Å². The lowest BCUT2D eigenvalue weighted by molar-refractivity contribution is -0.217. The van der Waals surface area contributed by atoms with E-state index in [-0.39, 0.29) is 24.6 Å². The monoisotopic (exact) mass is 335 g/mol. The van der Waals surface area contributed by atoms with Crippen molar-refractivity contribution in [3.8, 4) is 0 Å². The van der Waals surface area contributed by atoms with Crippen LogP contribution in [0.5, 0.6) is 0 Å². The molecule has 2 fully saturated rings. The average Bonchev–Trinajstić information content (AvgIpc) is 3.06. The van der Waals surface area contributed by atoms with Crippen molar-refractivity contribution in [3.05, 3.63) is 0 Å². The number of aliphatic imine (C=N–C) groups is 1. The van der Waals surface area contributed by atoms with Crippen molar-refractivity contribution in [2.45, 2.75) is 70.0 Å². The van der Waals surface area contributed by atoms with Gasteiger partial charge in [-0.05, 0) is 20.3 Å². The number of unbranched alkanes of at least 4 members (excludes halogenated alkanes) is 1. The van der Waals surface area contributed by atoms with Crippen LogP contribution in [0.1, 0.15) is 33.6 Å². The predicted molar refractivity (Wildman–Crippen MR) is 84.1 cm³/mol. The van der Waals surface area contributed by atoms with Gasteiger partial charge in [0.1, 0.15) is 18.3 Å². The second-order valence-electron chi connectivity index (χ2n) is 6.28. The molecule has 0 bridgehead atoms. The van der Waals surface area contributed by atoms with E-state index in [0.717, 1.165) is 25.3 Å². The Bertz CT molecular complexity index is 421. The fraction of sp³-hybridized carbons (Fsp3) is 0.929. The van der Waals surface area contributed by atoms with Crippen molar-refractivity contribution in [3.63, 3.8) is 0 Å². The maximum Gasteiger partial charge on any atom is 0.191 e. The maximum atomic E-state index is 10.4. The average molecular weight is 336 g/mol. The van der Waals surface area contributed by atoms with E-state index in [1.807, 2.05) is 13.8 Å². The summed E-state index contributed by atoms with van der Waals surface area (Å²) in [5, 5.41) is 16.9. The first-order valence-corrected chi connectivity index (χ1v) is 7.74. The number of aliphatic hydroxyl groups is 1. The highest BCUT2D eigenvalue weighted by Gasteiger charge is 2.56. The normalized spacial score (nSPS) is 38.9. The molecule has 22 heavy (non-hydrogen) atoms. The van der Waals surface area contributed by atoms with Gasteiger partial charge in [-0.15, -0.1) is 12.4 Å². The molecule has 3 aliphatic rings. The van der Waals surface area contributed by atoms with Crippen molar-refractivity contribution in [1.29, 1.82) is 0 Å². The van der Waals surface area contributed by atoms with Crippen LogP contribution in [0, 0.1) is 0 Å². The number of nitrogens with zero attached hydrogens (tertiary/aromatic N) is 1. The van der Waals surface area contributed by atoms with Gasteiger partial charge < -0.3 is 30.0 Å². The van der Waals surface area contributed by atoms with Crippen LogP contribution in [-0.4, -0.2) is 60.6 Å². The zero-order chi connectivity index (χ0) is 15.0. The van der Waals surface area contributed by atoms with Crippen LogP contribution in [0.3, 0.4) is 0 Å². The molecule has 3 rings (SSSR count). The van der Waals surface area contributed by atoms with Crippen molar-refractivity contribution >= 4 is 18.4 Å². The van der Waals surface area contributed by atoms with Crippen LogP contribution in [-0.2, 0) is 14.2 Å². The first-order valence-electron chi connectivity index (χ1n) is 7.74. The number of halogens is 1. The highest BCUT2D eigenvalue weighted by molar-refractivity contribution is 5.85. The molecular weight excluding hydrogens is 310 g/mol. The summed E-state index contributed by atoms with van der Waals surface area (Å²) in [5.74, 6) is 0.0804. The van der Waals surface area contributed by atoms with Gasteiger partial charge in [-0.1, -0.05) is 13.3 Å². The van der Waals surface area contributed by atoms with Crippen LogP contribution in [0.2, 0.25) is 0 Å². The van der Waals surface area contributed by atoms with Crippen molar-refractivity contribution < 1.29 is 19.3 Å². The largest absolute Gasteiger partial charge is 0.387 e. The van der Waals surface area contributed by atoms with Gasteiger partial charge >= 0.3 is 0 Å². The first kappa shape index (κ1) is 17.7. The zero-order valence-electron chi connectivity index (χ0n) is 13.2. The van der Waals surface area contributed by atoms with Crippen LogP contribution in [0.25, 0.3) is 0 Å². The van der Waals surface area contributed by atoms with E-state index in [4.69, 9.17) is 14.2 Å². The van der Waals surface area contributed by atoms with Gasteiger partial charge in [-0.3, -0.25) is 4.99 Å². The smallest absolute Gasteiger partial charge is 0.191 e. The summed E-state index contributed by atoms with van der Waals surface area (Å²) in [6.45, 7) is 7.28. The lowest BCUT2D eigenvalue weighted by Crippen LogP contribution is -2.50. The van der Waals surface area contributed by atoms with Crippen molar-refractivity contribution in [2.75, 3.05) is 13.1 Å². The molecular formula is C14H26ClN3O4. The number of hydrogen-bond donors (Lipinski definition) is 3. The molecule has 2 saturated heterocycles. The Balaban J connectivity index is 0.00000176. The van der Waals surface area contributed by atoms with Gasteiger partial charge in [-0.25, -0.2) is 0 Å². The molecule has 3 N–H and O–H groups in total. The highest BCUT2D eigenvalue weighted by atomic mass is 35.5. The Hall–Kier alpha value is -0.600. The fourth-order valence-electron chi connectivity index (χ4n) is 2.98. The third-order valence-electron chi connectivity index (χ3n) is 4.04. The molecule has 0 aromatic carbocycles. The van der Waals surface area contributed by atoms with Gasteiger partial charge in [0.15, 0.2) is 18.0 Å². The van der Waals surface area contributed by atoms with E-state index in [2.05, 4.69) is 22.5 Å². The Morgan fingerprint density at radius 3 is 2.82 bits per heavy atom. The number of ether oxygens (including phenoxy) is 3. The summed E-state index contributed by atoms with van der Waals surface area (Å²) >= 11 is 0. The van der Waals surface area contributed by atoms with E-state index in [1.165, 1.54) is 0 Å². The third kappa shape index (κ3) is 3.49. The molecule has 128 valence electrons. The second kappa shape index (κ2) is 6.88. The molecule has 0 spiro atoms. The van der Waals surface area contributed by atoms with Gasteiger partial charge in [0.25, 0.3) is 0 Å². The highest BCUT2D eigenvalue weighted by Crippen LogP contribution is 2.38. The van der Waals surface area contributed by atoms with Gasteiger partial charge in [0, 0.05) is 6.54 Å². The Labute approximate surface area is 137 Å². The quantitative estimate of drug-likeness (QED) is 0.643. The third-order valence-corrected chi connectivity index (χ3v) is 4.04. The molecule has 7 nitrogen and oxygen atoms in total. The Morgan fingerprint density at radius 1 is 1.36 bits per heavy atom. The summed E-state index contributed by atoms with van der Waals surface area (Å²) in [5.41, 5.74) is 0. The van der Waals surface area contributed by atoms with Gasteiger partial charge in [0.2, 0.25) is 0 Å². The number of guanidine groups is 1. The van der Waals surface area contributed by atoms with Crippen LogP contribution >= 0.6 is 12.4 Å². The molecule has 8 heteroatoms. The summed E-state index contributed by atoms with van der Waals surface area (Å²) in [6, 6.07) is -0.0509. The molecule has 5 atom stereocenters. The van der Waals surface area contributed by atoms with E-state index in [9.17, 15) is 5.11 Å². The van der Waals surface area contributed by atoms with Crippen LogP contribution < -0.4 is 10.6 Å². The summed E-state index contributed by atoms with van der Waals surface area (Å²) in [6.07, 6.45) is 0.240. The number of aliphatic hydroxyl groups excluding tert-OH is 1. The number of hydrogen-bond acceptors (Lipinski definition) is 7. The summed E-state index contributed by atoms with van der Waals surface area (Å²) in [7, 11) is 0. The summed E-state index contributed by atoms with van der Waals surface area (Å²) < 4.78 is 17.2. The van der Waals surface area contributed by atoms with E-state index in [0.29, 0.717) is 6.54 Å². The van der Waals surface area contributed by atoms with Crippen molar-refractivity contribution in [2.24, 2.45) is 4.99 Å². The molecule has 0 aliphatic carbocycles. The molecule has 0 amide bonds. The molecule has 0 unspecified atom stereocenters. The van der Waals surface area contributed by atoms with E-state index < -0.39 is 24.3 Å². The van der Waals surface area contributed by atoms with E-state index in [1.54, 1.807) is 0 Å². The van der Waals surface area contributed by atoms with Gasteiger partial charge in [0.05, 0.1) is 12.6 Å². The molecule has 3 heterocycles. The molecule has 3 aliphatic heterocycles. The zero-order valence-corrected chi connectivity index (χ0v) is 14.1. The SMILES string of the molecule is CCCCNC1=NC[C@H]([C@H]2O[C@@H]3OC(C)(C)O[C@@H]3[C@H]2O)N1.Cl. The standard InChI is InChI=1S/C14H25N3O4.ClH/c1-4-5-6-15-13-16-7-8(17-13)10-9(18)11-12(19-10)21-14(2,3)20-11;/h8-12,18H,4-7H2,1-3H3,(H2,15,16,17);1H/t8-,9+,10-,11-,12-;/m1./s1. The minimum atomic E-state index is -0.709. The Morgan fingerprint density at radius 2 is 2.14 bits per heavy atom. The van der Waals surface area contributed by atoms with Crippen LogP contribution in [0.4, 0.5) is 0 Å². The number of rotatable bonds is 4. The number of nitrogens with one attached hydrogen (secondary N) is 2. The minimum Gasteiger partial charge on any atom is -0.387 e. The molecule has 0 radical (unpaired) electrons. The summed E-state index contributed by atoms with van der Waals surface area (Å²) in [4.78, 5) is 4.41. The van der Waals surface area contributed by atoms with Crippen molar-refractivity contribution in [1.82, 2.24) is 10.6 Å². The van der Waals surface area contributed by atoms with Gasteiger partial charge in [-0.2, -0.15) is 0 Å². The Kier molecular flexibility index (Phi) is 5.55.